The maximum absolute atomic E-state index is 10.3. The van der Waals surface area contributed by atoms with Gasteiger partial charge in [0, 0.05) is 11.6 Å². The first-order valence-corrected chi connectivity index (χ1v) is 5.52. The Morgan fingerprint density at radius 1 is 0.947 bits per heavy atom. The molecular weight excluding hydrogens is 248 g/mol. The molecular formula is C14H12O5. The van der Waals surface area contributed by atoms with Gasteiger partial charge in [0.2, 0.25) is 6.79 Å². The summed E-state index contributed by atoms with van der Waals surface area (Å²) >= 11 is 0. The molecule has 98 valence electrons. The van der Waals surface area contributed by atoms with Crippen molar-refractivity contribution >= 4 is 6.29 Å². The molecule has 2 aromatic carbocycles. The molecule has 1 aliphatic heterocycles. The molecule has 0 spiro atoms. The summed E-state index contributed by atoms with van der Waals surface area (Å²) in [7, 11) is 0. The van der Waals surface area contributed by atoms with Gasteiger partial charge in [0.1, 0.15) is 17.8 Å². The van der Waals surface area contributed by atoms with E-state index in [1.165, 1.54) is 18.2 Å². The van der Waals surface area contributed by atoms with E-state index in [0.29, 0.717) is 17.1 Å². The van der Waals surface area contributed by atoms with Crippen LogP contribution in [0.1, 0.15) is 10.4 Å². The molecule has 0 bridgehead atoms. The van der Waals surface area contributed by atoms with E-state index in [9.17, 15) is 4.79 Å². The predicted octanol–water partition coefficient (Wildman–Crippen LogP) is 2.33. The number of aldehydes is 1. The van der Waals surface area contributed by atoms with Crippen LogP contribution in [0.3, 0.4) is 0 Å². The number of benzene rings is 2. The minimum absolute atomic E-state index is 0.0880. The molecule has 19 heavy (non-hydrogen) atoms. The number of rotatable bonds is 1. The van der Waals surface area contributed by atoms with Crippen LogP contribution in [0.4, 0.5) is 0 Å². The highest BCUT2D eigenvalue weighted by atomic mass is 16.7. The first-order valence-electron chi connectivity index (χ1n) is 5.52. The van der Waals surface area contributed by atoms with Gasteiger partial charge >= 0.3 is 0 Å². The summed E-state index contributed by atoms with van der Waals surface area (Å²) in [6, 6.07) is 10.9. The molecule has 2 N–H and O–H groups in total. The molecule has 2 aromatic rings. The summed E-state index contributed by atoms with van der Waals surface area (Å²) in [4.78, 5) is 10.3. The molecule has 1 aliphatic rings. The number of ether oxygens (including phenoxy) is 2. The Balaban J connectivity index is 0.000000148. The number of phenolic OH excluding ortho intramolecular Hbond substituents is 2. The van der Waals surface area contributed by atoms with Crippen LogP contribution in [0, 0.1) is 0 Å². The van der Waals surface area contributed by atoms with Crippen molar-refractivity contribution in [3.05, 3.63) is 48.0 Å². The van der Waals surface area contributed by atoms with Crippen molar-refractivity contribution in [1.29, 1.82) is 0 Å². The van der Waals surface area contributed by atoms with Crippen LogP contribution in [-0.2, 0) is 0 Å². The average molecular weight is 260 g/mol. The van der Waals surface area contributed by atoms with Crippen LogP contribution in [0.2, 0.25) is 0 Å². The molecule has 0 unspecified atom stereocenters. The van der Waals surface area contributed by atoms with Gasteiger partial charge in [0.25, 0.3) is 0 Å². The molecule has 5 nitrogen and oxygen atoms in total. The lowest BCUT2D eigenvalue weighted by molar-refractivity contribution is 0.112. The average Bonchev–Trinajstić information content (AvgIpc) is 2.86. The summed E-state index contributed by atoms with van der Waals surface area (Å²) in [5.74, 6) is 1.53. The van der Waals surface area contributed by atoms with E-state index in [0.717, 1.165) is 6.29 Å². The van der Waals surface area contributed by atoms with E-state index < -0.39 is 0 Å². The Morgan fingerprint density at radius 3 is 2.21 bits per heavy atom. The Hall–Kier alpha value is -2.69. The van der Waals surface area contributed by atoms with Crippen LogP contribution < -0.4 is 9.47 Å². The molecule has 0 atom stereocenters. The van der Waals surface area contributed by atoms with Crippen molar-refractivity contribution in [2.75, 3.05) is 6.79 Å². The Kier molecular flexibility index (Phi) is 3.87. The lowest BCUT2D eigenvalue weighted by atomic mass is 10.2. The Labute approximate surface area is 109 Å². The van der Waals surface area contributed by atoms with Crippen LogP contribution in [0.15, 0.2) is 42.5 Å². The van der Waals surface area contributed by atoms with E-state index in [1.54, 1.807) is 24.3 Å². The van der Waals surface area contributed by atoms with E-state index in [4.69, 9.17) is 19.7 Å². The van der Waals surface area contributed by atoms with Crippen LogP contribution in [0.25, 0.3) is 0 Å². The number of carbonyl (C=O) groups is 1. The first-order chi connectivity index (χ1) is 9.19. The summed E-state index contributed by atoms with van der Waals surface area (Å²) < 4.78 is 10.1. The standard InChI is InChI=1S/C8H6O3.C6H6O2/c9-4-6-1-2-7-8(3-6)11-5-10-7;7-5-2-1-3-6(8)4-5/h1-4H,5H2;1-4,7-8H. The van der Waals surface area contributed by atoms with Crippen molar-refractivity contribution in [2.45, 2.75) is 0 Å². The highest BCUT2D eigenvalue weighted by Gasteiger charge is 2.12. The summed E-state index contributed by atoms with van der Waals surface area (Å²) in [5.41, 5.74) is 0.606. The number of hydrogen-bond donors (Lipinski definition) is 2. The fourth-order valence-electron chi connectivity index (χ4n) is 1.48. The number of carbonyl (C=O) groups excluding carboxylic acids is 1. The van der Waals surface area contributed by atoms with Gasteiger partial charge < -0.3 is 19.7 Å². The number of hydrogen-bond acceptors (Lipinski definition) is 5. The second-order valence-electron chi connectivity index (χ2n) is 3.75. The molecule has 3 rings (SSSR count). The Morgan fingerprint density at radius 2 is 1.63 bits per heavy atom. The summed E-state index contributed by atoms with van der Waals surface area (Å²) in [5, 5.41) is 17.3. The van der Waals surface area contributed by atoms with Gasteiger partial charge in [-0.1, -0.05) is 6.07 Å². The third-order valence-electron chi connectivity index (χ3n) is 2.36. The highest BCUT2D eigenvalue weighted by Crippen LogP contribution is 2.31. The topological polar surface area (TPSA) is 76.0 Å². The van der Waals surface area contributed by atoms with Crippen molar-refractivity contribution < 1.29 is 24.5 Å². The van der Waals surface area contributed by atoms with Gasteiger partial charge in [-0.3, -0.25) is 4.79 Å². The SMILES string of the molecule is O=Cc1ccc2c(c1)OCO2.Oc1cccc(O)c1. The molecule has 0 fully saturated rings. The molecule has 5 heteroatoms. The van der Waals surface area contributed by atoms with Gasteiger partial charge in [-0.2, -0.15) is 0 Å². The van der Waals surface area contributed by atoms with Gasteiger partial charge in [0.15, 0.2) is 11.5 Å². The Bertz CT molecular complexity index is 563. The fraction of sp³-hybridized carbons (Fsp3) is 0.0714. The molecule has 1 heterocycles. The quantitative estimate of drug-likeness (QED) is 0.769. The first kappa shape index (κ1) is 12.8. The highest BCUT2D eigenvalue weighted by molar-refractivity contribution is 5.76. The summed E-state index contributed by atoms with van der Waals surface area (Å²) in [6.45, 7) is 0.248. The predicted molar refractivity (Wildman–Crippen MR) is 67.7 cm³/mol. The minimum atomic E-state index is 0.0880. The normalized spacial score (nSPS) is 11.4. The fourth-order valence-corrected chi connectivity index (χ4v) is 1.48. The van der Waals surface area contributed by atoms with Gasteiger partial charge in [-0.05, 0) is 30.3 Å². The maximum atomic E-state index is 10.3. The van der Waals surface area contributed by atoms with E-state index in [2.05, 4.69) is 0 Å². The van der Waals surface area contributed by atoms with Gasteiger partial charge in [0.05, 0.1) is 0 Å². The molecule has 0 amide bonds. The third-order valence-corrected chi connectivity index (χ3v) is 2.36. The number of phenols is 2. The second-order valence-corrected chi connectivity index (χ2v) is 3.75. The van der Waals surface area contributed by atoms with Crippen molar-refractivity contribution in [1.82, 2.24) is 0 Å². The summed E-state index contributed by atoms with van der Waals surface area (Å²) in [6.07, 6.45) is 0.780. The zero-order valence-corrected chi connectivity index (χ0v) is 9.95. The molecule has 0 saturated carbocycles. The van der Waals surface area contributed by atoms with Gasteiger partial charge in [-0.15, -0.1) is 0 Å². The van der Waals surface area contributed by atoms with Crippen LogP contribution in [0.5, 0.6) is 23.0 Å². The number of fused-ring (bicyclic) bond motifs is 1. The van der Waals surface area contributed by atoms with Gasteiger partial charge in [-0.25, -0.2) is 0 Å². The zero-order chi connectivity index (χ0) is 13.7. The molecule has 0 aromatic heterocycles. The molecule has 0 aliphatic carbocycles. The lowest BCUT2D eigenvalue weighted by Crippen LogP contribution is -1.92. The zero-order valence-electron chi connectivity index (χ0n) is 9.95. The van der Waals surface area contributed by atoms with Crippen molar-refractivity contribution in [2.24, 2.45) is 0 Å². The van der Waals surface area contributed by atoms with Crippen molar-refractivity contribution in [3.63, 3.8) is 0 Å². The lowest BCUT2D eigenvalue weighted by Gasteiger charge is -1.94. The number of aromatic hydroxyl groups is 2. The largest absolute Gasteiger partial charge is 0.508 e. The van der Waals surface area contributed by atoms with Crippen LogP contribution >= 0.6 is 0 Å². The van der Waals surface area contributed by atoms with E-state index >= 15 is 0 Å². The molecule has 0 saturated heterocycles. The third kappa shape index (κ3) is 3.38. The monoisotopic (exact) mass is 260 g/mol. The minimum Gasteiger partial charge on any atom is -0.508 e. The maximum Gasteiger partial charge on any atom is 0.231 e. The smallest absolute Gasteiger partial charge is 0.231 e. The van der Waals surface area contributed by atoms with Crippen molar-refractivity contribution in [3.8, 4) is 23.0 Å². The van der Waals surface area contributed by atoms with Crippen LogP contribution in [-0.4, -0.2) is 23.3 Å². The van der Waals surface area contributed by atoms with E-state index in [-0.39, 0.29) is 18.3 Å². The van der Waals surface area contributed by atoms with E-state index in [1.807, 2.05) is 0 Å². The molecule has 0 radical (unpaired) electrons. The second kappa shape index (κ2) is 5.77.